The zero-order chi connectivity index (χ0) is 23.4. The van der Waals surface area contributed by atoms with Gasteiger partial charge < -0.3 is 20.1 Å². The molecule has 0 saturated heterocycles. The smallest absolute Gasteiger partial charge is 0.227 e. The monoisotopic (exact) mass is 451 g/mol. The van der Waals surface area contributed by atoms with Crippen molar-refractivity contribution >= 4 is 22.7 Å². The highest BCUT2D eigenvalue weighted by molar-refractivity contribution is 5.85. The minimum Gasteiger partial charge on any atom is -0.358 e. The van der Waals surface area contributed by atoms with E-state index in [9.17, 15) is 9.59 Å². The molecular formula is C25H33N5O3. The molecule has 0 atom stereocenters. The van der Waals surface area contributed by atoms with Gasteiger partial charge in [0.05, 0.1) is 0 Å². The van der Waals surface area contributed by atoms with Crippen molar-refractivity contribution < 1.29 is 14.1 Å². The van der Waals surface area contributed by atoms with Crippen LogP contribution < -0.4 is 10.6 Å². The third-order valence-electron chi connectivity index (χ3n) is 6.70. The van der Waals surface area contributed by atoms with Gasteiger partial charge in [-0.25, -0.2) is 0 Å². The largest absolute Gasteiger partial charge is 0.358 e. The number of aromatic nitrogens is 3. The number of aromatic amines is 1. The SMILES string of the molecule is CC(=O)NC1(c2noc(CCC(=O)NCc3ccc4[nH]c(C)c(C)c4c3)n2)CCCCCC1. The first-order valence-electron chi connectivity index (χ1n) is 11.8. The van der Waals surface area contributed by atoms with Crippen molar-refractivity contribution in [2.45, 2.75) is 84.2 Å². The van der Waals surface area contributed by atoms with Crippen LogP contribution in [-0.4, -0.2) is 26.9 Å². The predicted molar refractivity (Wildman–Crippen MR) is 125 cm³/mol. The minimum absolute atomic E-state index is 0.0668. The van der Waals surface area contributed by atoms with Gasteiger partial charge >= 0.3 is 0 Å². The third-order valence-corrected chi connectivity index (χ3v) is 6.70. The Hall–Kier alpha value is -3.16. The molecule has 0 aliphatic heterocycles. The number of benzene rings is 1. The summed E-state index contributed by atoms with van der Waals surface area (Å²) < 4.78 is 5.45. The predicted octanol–water partition coefficient (Wildman–Crippen LogP) is 4.10. The Balaban J connectivity index is 1.34. The molecule has 0 bridgehead atoms. The number of hydrogen-bond acceptors (Lipinski definition) is 5. The van der Waals surface area contributed by atoms with Crippen molar-refractivity contribution in [3.05, 3.63) is 46.7 Å². The molecule has 1 aromatic carbocycles. The Kier molecular flexibility index (Phi) is 6.81. The second-order valence-corrected chi connectivity index (χ2v) is 9.22. The lowest BCUT2D eigenvalue weighted by Crippen LogP contribution is -2.45. The van der Waals surface area contributed by atoms with Gasteiger partial charge in [0.1, 0.15) is 5.54 Å². The van der Waals surface area contributed by atoms with Gasteiger partial charge in [-0.2, -0.15) is 4.98 Å². The van der Waals surface area contributed by atoms with Gasteiger partial charge in [-0.3, -0.25) is 9.59 Å². The van der Waals surface area contributed by atoms with Crippen LogP contribution in [0.2, 0.25) is 0 Å². The maximum atomic E-state index is 12.4. The summed E-state index contributed by atoms with van der Waals surface area (Å²) in [6, 6.07) is 6.19. The molecule has 1 aliphatic carbocycles. The van der Waals surface area contributed by atoms with Crippen LogP contribution in [0.15, 0.2) is 22.7 Å². The molecule has 1 saturated carbocycles. The fraction of sp³-hybridized carbons (Fsp3) is 0.520. The molecule has 8 heteroatoms. The Morgan fingerprint density at radius 3 is 2.64 bits per heavy atom. The van der Waals surface area contributed by atoms with Gasteiger partial charge in [-0.1, -0.05) is 36.9 Å². The molecule has 1 fully saturated rings. The zero-order valence-electron chi connectivity index (χ0n) is 19.7. The quantitative estimate of drug-likeness (QED) is 0.468. The van der Waals surface area contributed by atoms with Crippen LogP contribution in [0.4, 0.5) is 0 Å². The summed E-state index contributed by atoms with van der Waals surface area (Å²) in [7, 11) is 0. The van der Waals surface area contributed by atoms with E-state index in [4.69, 9.17) is 4.52 Å². The lowest BCUT2D eigenvalue weighted by molar-refractivity contribution is -0.122. The second-order valence-electron chi connectivity index (χ2n) is 9.22. The van der Waals surface area contributed by atoms with Crippen molar-refractivity contribution in [1.82, 2.24) is 25.8 Å². The van der Waals surface area contributed by atoms with Crippen molar-refractivity contribution in [2.75, 3.05) is 0 Å². The van der Waals surface area contributed by atoms with Gasteiger partial charge in [0, 0.05) is 42.9 Å². The van der Waals surface area contributed by atoms with Crippen LogP contribution in [0.25, 0.3) is 10.9 Å². The van der Waals surface area contributed by atoms with Crippen LogP contribution in [-0.2, 0) is 28.1 Å². The summed E-state index contributed by atoms with van der Waals surface area (Å²) in [5.41, 5.74) is 3.99. The molecule has 3 aromatic rings. The van der Waals surface area contributed by atoms with Crippen molar-refractivity contribution in [3.8, 4) is 0 Å². The van der Waals surface area contributed by atoms with E-state index in [-0.39, 0.29) is 18.2 Å². The van der Waals surface area contributed by atoms with E-state index in [1.165, 1.54) is 17.9 Å². The highest BCUT2D eigenvalue weighted by atomic mass is 16.5. The molecule has 2 aromatic heterocycles. The molecule has 1 aliphatic rings. The Morgan fingerprint density at radius 1 is 1.15 bits per heavy atom. The van der Waals surface area contributed by atoms with Crippen molar-refractivity contribution in [1.29, 1.82) is 0 Å². The molecule has 3 N–H and O–H groups in total. The van der Waals surface area contributed by atoms with Crippen LogP contribution in [0.5, 0.6) is 0 Å². The number of aryl methyl sites for hydroxylation is 3. The zero-order valence-corrected chi connectivity index (χ0v) is 19.7. The summed E-state index contributed by atoms with van der Waals surface area (Å²) in [5, 5.41) is 11.4. The molecule has 2 amide bonds. The second kappa shape index (κ2) is 9.77. The van der Waals surface area contributed by atoms with Crippen LogP contribution in [0, 0.1) is 13.8 Å². The van der Waals surface area contributed by atoms with Crippen molar-refractivity contribution in [2.24, 2.45) is 0 Å². The number of rotatable bonds is 7. The average Bonchev–Trinajstić information content (AvgIpc) is 3.29. The number of carbonyl (C=O) groups is 2. The van der Waals surface area contributed by atoms with E-state index in [0.717, 1.165) is 55.3 Å². The van der Waals surface area contributed by atoms with Gasteiger partial charge in [0.2, 0.25) is 17.7 Å². The number of hydrogen-bond donors (Lipinski definition) is 3. The number of nitrogens with one attached hydrogen (secondary N) is 3. The number of fused-ring (bicyclic) bond motifs is 1. The van der Waals surface area contributed by atoms with Gasteiger partial charge in [0.25, 0.3) is 0 Å². The maximum Gasteiger partial charge on any atom is 0.227 e. The first-order valence-corrected chi connectivity index (χ1v) is 11.8. The standard InChI is InChI=1S/C25H33N5O3/c1-16-17(2)27-21-9-8-19(14-20(16)21)15-26-22(32)10-11-23-28-24(30-33-23)25(29-18(3)31)12-6-4-5-7-13-25/h8-9,14,27H,4-7,10-13,15H2,1-3H3,(H,26,32)(H,29,31). The highest BCUT2D eigenvalue weighted by Gasteiger charge is 2.38. The molecule has 0 unspecified atom stereocenters. The summed E-state index contributed by atoms with van der Waals surface area (Å²) in [4.78, 5) is 32.2. The average molecular weight is 452 g/mol. The first-order chi connectivity index (χ1) is 15.9. The van der Waals surface area contributed by atoms with Crippen molar-refractivity contribution in [3.63, 3.8) is 0 Å². The number of H-pyrrole nitrogens is 1. The Bertz CT molecular complexity index is 1140. The third kappa shape index (κ3) is 5.26. The molecule has 0 spiro atoms. The number of nitrogens with zero attached hydrogens (tertiary/aromatic N) is 2. The van der Waals surface area contributed by atoms with Crippen LogP contribution in [0.3, 0.4) is 0 Å². The van der Waals surface area contributed by atoms with E-state index in [2.05, 4.69) is 51.7 Å². The topological polar surface area (TPSA) is 113 Å². The lowest BCUT2D eigenvalue weighted by atomic mass is 9.89. The highest BCUT2D eigenvalue weighted by Crippen LogP contribution is 2.34. The molecule has 8 nitrogen and oxygen atoms in total. The number of carbonyl (C=O) groups excluding carboxylic acids is 2. The summed E-state index contributed by atoms with van der Waals surface area (Å²) in [6.45, 7) is 6.15. The fourth-order valence-electron chi connectivity index (χ4n) is 4.75. The number of amides is 2. The first kappa shape index (κ1) is 23.0. The summed E-state index contributed by atoms with van der Waals surface area (Å²) in [5.74, 6) is 0.795. The minimum atomic E-state index is -0.570. The van der Waals surface area contributed by atoms with Crippen LogP contribution >= 0.6 is 0 Å². The molecule has 2 heterocycles. The Morgan fingerprint density at radius 2 is 1.91 bits per heavy atom. The molecule has 4 rings (SSSR count). The summed E-state index contributed by atoms with van der Waals surface area (Å²) in [6.07, 6.45) is 6.54. The van der Waals surface area contributed by atoms with Gasteiger partial charge in [-0.05, 0) is 49.9 Å². The summed E-state index contributed by atoms with van der Waals surface area (Å²) >= 11 is 0. The lowest BCUT2D eigenvalue weighted by Gasteiger charge is -2.30. The van der Waals surface area contributed by atoms with Gasteiger partial charge in [0.15, 0.2) is 5.82 Å². The van der Waals surface area contributed by atoms with E-state index < -0.39 is 5.54 Å². The molecule has 33 heavy (non-hydrogen) atoms. The van der Waals surface area contributed by atoms with E-state index >= 15 is 0 Å². The van der Waals surface area contributed by atoms with E-state index in [0.29, 0.717) is 24.7 Å². The fourth-order valence-corrected chi connectivity index (χ4v) is 4.75. The maximum absolute atomic E-state index is 12.4. The van der Waals surface area contributed by atoms with Gasteiger partial charge in [-0.15, -0.1) is 0 Å². The molecule has 0 radical (unpaired) electrons. The van der Waals surface area contributed by atoms with E-state index in [1.54, 1.807) is 0 Å². The molecule has 176 valence electrons. The Labute approximate surface area is 193 Å². The normalized spacial score (nSPS) is 15.8. The molecular weight excluding hydrogens is 418 g/mol. The van der Waals surface area contributed by atoms with Crippen LogP contribution in [0.1, 0.15) is 80.4 Å². The van der Waals surface area contributed by atoms with E-state index in [1.807, 2.05) is 6.07 Å².